The number of allylic oxidation sites excluding steroid dienone is 1. The van der Waals surface area contributed by atoms with Crippen LogP contribution in [0.1, 0.15) is 27.3 Å². The second-order valence-electron chi connectivity index (χ2n) is 6.04. The van der Waals surface area contributed by atoms with Crippen molar-refractivity contribution in [1.29, 1.82) is 5.26 Å². The van der Waals surface area contributed by atoms with Gasteiger partial charge >= 0.3 is 5.97 Å². The van der Waals surface area contributed by atoms with Crippen molar-refractivity contribution in [3.05, 3.63) is 95.3 Å². The predicted molar refractivity (Wildman–Crippen MR) is 107 cm³/mol. The Morgan fingerprint density at radius 3 is 2.14 bits per heavy atom. The zero-order valence-electron chi connectivity index (χ0n) is 15.5. The number of nitrogens with zero attached hydrogens (tertiary/aromatic N) is 2. The standard InChI is InChI=1S/C23H18N2O4/c24-13-7-12-19-22(29-16-18-10-5-2-6-11-18)21(14-20(25-19)23(26)27)28-15-17-8-3-1-4-9-17/h1-12,14H,15-16H2,(H,26,27)/b12-7+. The van der Waals surface area contributed by atoms with E-state index in [9.17, 15) is 9.90 Å². The fourth-order valence-corrected chi connectivity index (χ4v) is 2.58. The molecular formula is C23H18N2O4. The molecule has 0 spiro atoms. The van der Waals surface area contributed by atoms with Crippen molar-refractivity contribution in [2.75, 3.05) is 0 Å². The number of benzene rings is 2. The smallest absolute Gasteiger partial charge is 0.354 e. The van der Waals surface area contributed by atoms with E-state index in [1.807, 2.05) is 66.7 Å². The number of hydrogen-bond donors (Lipinski definition) is 1. The van der Waals surface area contributed by atoms with Crippen molar-refractivity contribution in [1.82, 2.24) is 4.98 Å². The van der Waals surface area contributed by atoms with Gasteiger partial charge in [-0.3, -0.25) is 0 Å². The van der Waals surface area contributed by atoms with Gasteiger partial charge in [0.25, 0.3) is 0 Å². The summed E-state index contributed by atoms with van der Waals surface area (Å²) in [5.41, 5.74) is 1.87. The van der Waals surface area contributed by atoms with Crippen molar-refractivity contribution in [2.45, 2.75) is 13.2 Å². The van der Waals surface area contributed by atoms with Crippen LogP contribution in [0, 0.1) is 11.3 Å². The molecule has 0 atom stereocenters. The predicted octanol–water partition coefficient (Wildman–Crippen LogP) is 4.47. The first-order valence-corrected chi connectivity index (χ1v) is 8.85. The molecule has 144 valence electrons. The van der Waals surface area contributed by atoms with Crippen LogP contribution in [0.5, 0.6) is 11.5 Å². The van der Waals surface area contributed by atoms with Crippen LogP contribution in [0.3, 0.4) is 0 Å². The van der Waals surface area contributed by atoms with Crippen LogP contribution in [0.4, 0.5) is 0 Å². The van der Waals surface area contributed by atoms with Crippen LogP contribution in [-0.4, -0.2) is 16.1 Å². The Morgan fingerprint density at radius 2 is 1.59 bits per heavy atom. The second-order valence-corrected chi connectivity index (χ2v) is 6.04. The molecule has 1 heterocycles. The summed E-state index contributed by atoms with van der Waals surface area (Å²) in [5.74, 6) is -0.674. The monoisotopic (exact) mass is 386 g/mol. The maximum Gasteiger partial charge on any atom is 0.354 e. The van der Waals surface area contributed by atoms with E-state index in [4.69, 9.17) is 14.7 Å². The largest absolute Gasteiger partial charge is 0.485 e. The topological polar surface area (TPSA) is 92.4 Å². The maximum absolute atomic E-state index is 11.5. The van der Waals surface area contributed by atoms with Gasteiger partial charge < -0.3 is 14.6 Å². The number of carboxylic acids is 1. The second kappa shape index (κ2) is 9.72. The Bertz CT molecular complexity index is 1040. The molecule has 0 aliphatic rings. The van der Waals surface area contributed by atoms with Crippen LogP contribution >= 0.6 is 0 Å². The van der Waals surface area contributed by atoms with E-state index in [0.29, 0.717) is 0 Å². The van der Waals surface area contributed by atoms with Crippen LogP contribution in [0.25, 0.3) is 6.08 Å². The number of ether oxygens (including phenoxy) is 2. The Balaban J connectivity index is 1.96. The van der Waals surface area contributed by atoms with Crippen LogP contribution in [-0.2, 0) is 13.2 Å². The molecule has 6 heteroatoms. The Morgan fingerprint density at radius 1 is 1.00 bits per heavy atom. The molecular weight excluding hydrogens is 368 g/mol. The summed E-state index contributed by atoms with van der Waals surface area (Å²) in [6, 6.07) is 22.2. The molecule has 2 aromatic carbocycles. The molecule has 0 bridgehead atoms. The third-order valence-corrected chi connectivity index (χ3v) is 3.96. The molecule has 0 aliphatic heterocycles. The summed E-state index contributed by atoms with van der Waals surface area (Å²) < 4.78 is 11.8. The summed E-state index contributed by atoms with van der Waals surface area (Å²) >= 11 is 0. The number of hydrogen-bond acceptors (Lipinski definition) is 5. The maximum atomic E-state index is 11.5. The van der Waals surface area contributed by atoms with Gasteiger partial charge in [-0.25, -0.2) is 9.78 Å². The number of carboxylic acid groups (broad SMARTS) is 1. The number of pyridine rings is 1. The van der Waals surface area contributed by atoms with Gasteiger partial charge in [-0.15, -0.1) is 0 Å². The van der Waals surface area contributed by atoms with Crippen LogP contribution in [0.2, 0.25) is 0 Å². The highest BCUT2D eigenvalue weighted by Gasteiger charge is 2.18. The fraction of sp³-hybridized carbons (Fsp3) is 0.0870. The molecule has 0 fully saturated rings. The highest BCUT2D eigenvalue weighted by Crippen LogP contribution is 2.33. The van der Waals surface area contributed by atoms with E-state index in [-0.39, 0.29) is 36.1 Å². The zero-order chi connectivity index (χ0) is 20.5. The molecule has 0 aliphatic carbocycles. The van der Waals surface area contributed by atoms with E-state index in [0.717, 1.165) is 11.1 Å². The molecule has 3 aromatic rings. The third-order valence-electron chi connectivity index (χ3n) is 3.96. The van der Waals surface area contributed by atoms with E-state index in [2.05, 4.69) is 4.98 Å². The molecule has 0 amide bonds. The molecule has 0 saturated heterocycles. The molecule has 29 heavy (non-hydrogen) atoms. The quantitative estimate of drug-likeness (QED) is 0.574. The Hall–Kier alpha value is -4.11. The minimum atomic E-state index is -1.20. The molecule has 0 unspecified atom stereocenters. The number of nitriles is 1. The minimum absolute atomic E-state index is 0.197. The van der Waals surface area contributed by atoms with Crippen molar-refractivity contribution in [3.8, 4) is 17.6 Å². The SMILES string of the molecule is N#C/C=C/c1nc(C(=O)O)cc(OCc2ccccc2)c1OCc1ccccc1. The Kier molecular flexibility index (Phi) is 6.58. The number of aromatic nitrogens is 1. The first-order chi connectivity index (χ1) is 14.2. The molecule has 1 N–H and O–H groups in total. The third kappa shape index (κ3) is 5.44. The average molecular weight is 386 g/mol. The molecule has 3 rings (SSSR count). The van der Waals surface area contributed by atoms with Crippen molar-refractivity contribution in [3.63, 3.8) is 0 Å². The average Bonchev–Trinajstić information content (AvgIpc) is 2.76. The molecule has 0 radical (unpaired) electrons. The number of rotatable bonds is 8. The summed E-state index contributed by atoms with van der Waals surface area (Å²) in [6.45, 7) is 0.469. The highest BCUT2D eigenvalue weighted by molar-refractivity contribution is 5.87. The van der Waals surface area contributed by atoms with E-state index in [1.165, 1.54) is 18.2 Å². The van der Waals surface area contributed by atoms with E-state index < -0.39 is 5.97 Å². The lowest BCUT2D eigenvalue weighted by Crippen LogP contribution is -2.08. The minimum Gasteiger partial charge on any atom is -0.485 e. The van der Waals surface area contributed by atoms with Gasteiger partial charge in [0.2, 0.25) is 0 Å². The van der Waals surface area contributed by atoms with Crippen molar-refractivity contribution in [2.24, 2.45) is 0 Å². The lowest BCUT2D eigenvalue weighted by Gasteiger charge is -2.16. The lowest BCUT2D eigenvalue weighted by molar-refractivity contribution is 0.0689. The number of aromatic carboxylic acids is 1. The summed E-state index contributed by atoms with van der Waals surface area (Å²) in [5, 5.41) is 18.3. The summed E-state index contributed by atoms with van der Waals surface area (Å²) in [6.07, 6.45) is 2.62. The zero-order valence-corrected chi connectivity index (χ0v) is 15.5. The molecule has 1 aromatic heterocycles. The molecule has 0 saturated carbocycles. The molecule has 6 nitrogen and oxygen atoms in total. The van der Waals surface area contributed by atoms with Crippen molar-refractivity contribution < 1.29 is 19.4 Å². The van der Waals surface area contributed by atoms with Gasteiger partial charge in [0.05, 0.1) is 6.07 Å². The van der Waals surface area contributed by atoms with Gasteiger partial charge in [-0.1, -0.05) is 60.7 Å². The lowest BCUT2D eigenvalue weighted by atomic mass is 10.2. The van der Waals surface area contributed by atoms with E-state index >= 15 is 0 Å². The van der Waals surface area contributed by atoms with Gasteiger partial charge in [-0.2, -0.15) is 5.26 Å². The fourth-order valence-electron chi connectivity index (χ4n) is 2.58. The first kappa shape index (κ1) is 19.6. The van der Waals surface area contributed by atoms with Gasteiger partial charge in [0.1, 0.15) is 18.9 Å². The first-order valence-electron chi connectivity index (χ1n) is 8.85. The van der Waals surface area contributed by atoms with Gasteiger partial charge in [0.15, 0.2) is 17.2 Å². The van der Waals surface area contributed by atoms with Crippen molar-refractivity contribution >= 4 is 12.0 Å². The summed E-state index contributed by atoms with van der Waals surface area (Å²) in [4.78, 5) is 15.6. The number of carbonyl (C=O) groups is 1. The normalized spacial score (nSPS) is 10.4. The van der Waals surface area contributed by atoms with E-state index in [1.54, 1.807) is 0 Å². The van der Waals surface area contributed by atoms with Gasteiger partial charge in [0, 0.05) is 12.1 Å². The Labute approximate surface area is 168 Å². The van der Waals surface area contributed by atoms with Crippen LogP contribution < -0.4 is 9.47 Å². The van der Waals surface area contributed by atoms with Crippen LogP contribution in [0.15, 0.2) is 72.8 Å². The summed E-state index contributed by atoms with van der Waals surface area (Å²) in [7, 11) is 0. The van der Waals surface area contributed by atoms with Gasteiger partial charge in [-0.05, 0) is 17.2 Å². The highest BCUT2D eigenvalue weighted by atomic mass is 16.5.